The standard InChI is InChI=1S/C22H21FN2O5S/c1-4-30-22(26)21(24-27)19-13-20(15-5-11-18(12-6-15)31(3,28)29)25(14(19)2)17-9-7-16(23)8-10-17/h5-13,21H,4H2,1-3H3. The van der Waals surface area contributed by atoms with E-state index in [2.05, 4.69) is 5.18 Å². The molecule has 0 aliphatic heterocycles. The minimum absolute atomic E-state index is 0.0996. The molecular weight excluding hydrogens is 423 g/mol. The van der Waals surface area contributed by atoms with Gasteiger partial charge in [0.1, 0.15) is 5.82 Å². The van der Waals surface area contributed by atoms with Crippen LogP contribution in [0.4, 0.5) is 4.39 Å². The van der Waals surface area contributed by atoms with Crippen molar-refractivity contribution in [3.63, 3.8) is 0 Å². The molecule has 2 aromatic carbocycles. The maximum Gasteiger partial charge on any atom is 0.339 e. The molecule has 0 bridgehead atoms. The Morgan fingerprint density at radius 1 is 1.13 bits per heavy atom. The number of rotatable bonds is 7. The van der Waals surface area contributed by atoms with E-state index in [0.29, 0.717) is 28.2 Å². The summed E-state index contributed by atoms with van der Waals surface area (Å²) < 4.78 is 43.8. The van der Waals surface area contributed by atoms with Crippen LogP contribution in [0.15, 0.2) is 64.7 Å². The summed E-state index contributed by atoms with van der Waals surface area (Å²) in [6.45, 7) is 3.44. The van der Waals surface area contributed by atoms with Gasteiger partial charge < -0.3 is 9.30 Å². The maximum atomic E-state index is 13.5. The summed E-state index contributed by atoms with van der Waals surface area (Å²) in [5.74, 6) is -1.18. The van der Waals surface area contributed by atoms with E-state index in [1.165, 1.54) is 24.3 Å². The number of hydrogen-bond donors (Lipinski definition) is 0. The van der Waals surface area contributed by atoms with E-state index in [1.807, 2.05) is 0 Å². The predicted octanol–water partition coefficient (Wildman–Crippen LogP) is 4.37. The highest BCUT2D eigenvalue weighted by molar-refractivity contribution is 7.90. The zero-order valence-corrected chi connectivity index (χ0v) is 18.0. The average molecular weight is 444 g/mol. The molecule has 7 nitrogen and oxygen atoms in total. The van der Waals surface area contributed by atoms with Crippen LogP contribution in [-0.2, 0) is 19.4 Å². The van der Waals surface area contributed by atoms with Gasteiger partial charge in [-0.25, -0.2) is 17.6 Å². The third-order valence-electron chi connectivity index (χ3n) is 4.86. The van der Waals surface area contributed by atoms with Crippen molar-refractivity contribution in [3.05, 3.63) is 76.6 Å². The van der Waals surface area contributed by atoms with Gasteiger partial charge in [-0.05, 0) is 67.1 Å². The summed E-state index contributed by atoms with van der Waals surface area (Å²) in [7, 11) is -3.37. The second kappa shape index (κ2) is 8.81. The summed E-state index contributed by atoms with van der Waals surface area (Å²) in [5, 5.41) is 2.96. The van der Waals surface area contributed by atoms with Crippen molar-refractivity contribution in [2.45, 2.75) is 24.8 Å². The number of nitroso groups, excluding NO2 is 1. The molecule has 0 aliphatic carbocycles. The number of esters is 1. The molecule has 0 spiro atoms. The largest absolute Gasteiger partial charge is 0.464 e. The number of carbonyl (C=O) groups is 1. The Bertz CT molecular complexity index is 1220. The van der Waals surface area contributed by atoms with Crippen LogP contribution in [0, 0.1) is 17.6 Å². The van der Waals surface area contributed by atoms with Crippen molar-refractivity contribution in [3.8, 4) is 16.9 Å². The highest BCUT2D eigenvalue weighted by Gasteiger charge is 2.29. The fraction of sp³-hybridized carbons (Fsp3) is 0.227. The van der Waals surface area contributed by atoms with Gasteiger partial charge in [0, 0.05) is 23.2 Å². The number of ether oxygens (including phenoxy) is 1. The number of hydrogen-bond acceptors (Lipinski definition) is 6. The Morgan fingerprint density at radius 3 is 2.26 bits per heavy atom. The molecule has 1 unspecified atom stereocenters. The van der Waals surface area contributed by atoms with Crippen LogP contribution < -0.4 is 0 Å². The first kappa shape index (κ1) is 22.4. The highest BCUT2D eigenvalue weighted by atomic mass is 32.2. The molecule has 162 valence electrons. The van der Waals surface area contributed by atoms with Gasteiger partial charge in [-0.2, -0.15) is 0 Å². The van der Waals surface area contributed by atoms with Crippen molar-refractivity contribution in [1.29, 1.82) is 0 Å². The van der Waals surface area contributed by atoms with Crippen LogP contribution in [0.1, 0.15) is 24.2 Å². The van der Waals surface area contributed by atoms with Crippen molar-refractivity contribution in [2.75, 3.05) is 12.9 Å². The van der Waals surface area contributed by atoms with E-state index >= 15 is 0 Å². The first-order valence-electron chi connectivity index (χ1n) is 9.45. The van der Waals surface area contributed by atoms with Gasteiger partial charge in [0.05, 0.1) is 17.2 Å². The van der Waals surface area contributed by atoms with Gasteiger partial charge in [0.15, 0.2) is 9.84 Å². The minimum Gasteiger partial charge on any atom is -0.464 e. The van der Waals surface area contributed by atoms with Gasteiger partial charge in [0.25, 0.3) is 0 Å². The molecule has 0 aliphatic rings. The van der Waals surface area contributed by atoms with E-state index < -0.39 is 27.7 Å². The number of sulfone groups is 1. The molecule has 1 heterocycles. The van der Waals surface area contributed by atoms with E-state index in [4.69, 9.17) is 4.74 Å². The number of halogens is 1. The summed E-state index contributed by atoms with van der Waals surface area (Å²) in [5.41, 5.74) is 2.71. The molecule has 9 heteroatoms. The van der Waals surface area contributed by atoms with E-state index in [9.17, 15) is 22.5 Å². The Hall–Kier alpha value is -3.33. The molecule has 31 heavy (non-hydrogen) atoms. The van der Waals surface area contributed by atoms with E-state index in [-0.39, 0.29) is 11.5 Å². The summed E-state index contributed by atoms with van der Waals surface area (Å²) >= 11 is 0. The second-order valence-corrected chi connectivity index (χ2v) is 8.95. The monoisotopic (exact) mass is 444 g/mol. The molecule has 0 N–H and O–H groups in total. The third kappa shape index (κ3) is 4.56. The topological polar surface area (TPSA) is 94.8 Å². The molecule has 1 aromatic heterocycles. The van der Waals surface area contributed by atoms with Crippen LogP contribution in [0.25, 0.3) is 16.9 Å². The zero-order valence-electron chi connectivity index (χ0n) is 17.2. The predicted molar refractivity (Wildman–Crippen MR) is 114 cm³/mol. The van der Waals surface area contributed by atoms with Crippen molar-refractivity contribution >= 4 is 15.8 Å². The lowest BCUT2D eigenvalue weighted by Crippen LogP contribution is -2.14. The van der Waals surface area contributed by atoms with Gasteiger partial charge in [-0.15, -0.1) is 4.91 Å². The Labute approximate surface area is 179 Å². The van der Waals surface area contributed by atoms with E-state index in [0.717, 1.165) is 6.26 Å². The summed E-state index contributed by atoms with van der Waals surface area (Å²) in [4.78, 5) is 23.9. The molecule has 0 amide bonds. The van der Waals surface area contributed by atoms with Crippen LogP contribution in [0.5, 0.6) is 0 Å². The fourth-order valence-corrected chi connectivity index (χ4v) is 3.99. The molecular formula is C22H21FN2O5S. The molecule has 0 fully saturated rings. The number of nitrogens with zero attached hydrogens (tertiary/aromatic N) is 2. The lowest BCUT2D eigenvalue weighted by molar-refractivity contribution is -0.144. The van der Waals surface area contributed by atoms with Crippen molar-refractivity contribution in [2.24, 2.45) is 5.18 Å². The van der Waals surface area contributed by atoms with E-state index in [1.54, 1.807) is 48.7 Å². The van der Waals surface area contributed by atoms with Gasteiger partial charge >= 0.3 is 5.97 Å². The number of benzene rings is 2. The van der Waals surface area contributed by atoms with Crippen molar-refractivity contribution in [1.82, 2.24) is 4.57 Å². The smallest absolute Gasteiger partial charge is 0.339 e. The lowest BCUT2D eigenvalue weighted by atomic mass is 10.1. The van der Waals surface area contributed by atoms with Gasteiger partial charge in [-0.1, -0.05) is 12.1 Å². The minimum atomic E-state index is -3.37. The maximum absolute atomic E-state index is 13.5. The molecule has 3 rings (SSSR count). The average Bonchev–Trinajstić information content (AvgIpc) is 3.06. The summed E-state index contributed by atoms with van der Waals surface area (Å²) in [6, 6.07) is 12.2. The van der Waals surface area contributed by atoms with Crippen LogP contribution in [0.2, 0.25) is 0 Å². The normalized spacial score (nSPS) is 12.4. The molecule has 1 atom stereocenters. The Balaban J connectivity index is 2.22. The fourth-order valence-electron chi connectivity index (χ4n) is 3.36. The molecule has 3 aromatic rings. The highest BCUT2D eigenvalue weighted by Crippen LogP contribution is 2.34. The lowest BCUT2D eigenvalue weighted by Gasteiger charge is -2.13. The molecule has 0 saturated carbocycles. The quantitative estimate of drug-likeness (QED) is 0.398. The summed E-state index contributed by atoms with van der Waals surface area (Å²) in [6.07, 6.45) is 1.12. The first-order valence-corrected chi connectivity index (χ1v) is 11.3. The van der Waals surface area contributed by atoms with Crippen LogP contribution >= 0.6 is 0 Å². The number of aromatic nitrogens is 1. The third-order valence-corrected chi connectivity index (χ3v) is 5.99. The number of carbonyl (C=O) groups excluding carboxylic acids is 1. The second-order valence-electron chi connectivity index (χ2n) is 6.94. The Kier molecular flexibility index (Phi) is 6.35. The van der Waals surface area contributed by atoms with Crippen molar-refractivity contribution < 1.29 is 22.3 Å². The first-order chi connectivity index (χ1) is 14.7. The molecule has 0 saturated heterocycles. The van der Waals surface area contributed by atoms with Crippen LogP contribution in [0.3, 0.4) is 0 Å². The van der Waals surface area contributed by atoms with Gasteiger partial charge in [-0.3, -0.25) is 0 Å². The zero-order chi connectivity index (χ0) is 22.8. The molecule has 0 radical (unpaired) electrons. The van der Waals surface area contributed by atoms with Crippen LogP contribution in [-0.4, -0.2) is 31.8 Å². The SMILES string of the molecule is CCOC(=O)C(N=O)c1cc(-c2ccc(S(C)(=O)=O)cc2)n(-c2ccc(F)cc2)c1C. The Morgan fingerprint density at radius 2 is 1.74 bits per heavy atom. The van der Waals surface area contributed by atoms with Gasteiger partial charge in [0.2, 0.25) is 6.04 Å².